The molecule has 3 nitrogen and oxygen atoms in total. The summed E-state index contributed by atoms with van der Waals surface area (Å²) in [4.78, 5) is 18.7. The summed E-state index contributed by atoms with van der Waals surface area (Å²) in [7, 11) is -3.90. The highest BCUT2D eigenvalue weighted by molar-refractivity contribution is 7.52. The SMILES string of the molecule is CC1(C)C2CCC1(C)C(P(=O)(O)O)C2. The first kappa shape index (κ1) is 10.7. The molecule has 0 heterocycles. The van der Waals surface area contributed by atoms with Crippen LogP contribution < -0.4 is 0 Å². The molecule has 0 spiro atoms. The average Bonchev–Trinajstić information content (AvgIpc) is 2.32. The Morgan fingerprint density at radius 3 is 2.07 bits per heavy atom. The molecule has 3 unspecified atom stereocenters. The van der Waals surface area contributed by atoms with Crippen LogP contribution in [0.2, 0.25) is 0 Å². The largest absolute Gasteiger partial charge is 0.329 e. The summed E-state index contributed by atoms with van der Waals surface area (Å²) in [5.41, 5.74) is -0.459. The molecule has 0 aliphatic heterocycles. The van der Waals surface area contributed by atoms with Gasteiger partial charge in [-0.3, -0.25) is 4.57 Å². The summed E-state index contributed by atoms with van der Waals surface area (Å²) in [6, 6.07) is 0. The molecule has 3 atom stereocenters. The van der Waals surface area contributed by atoms with Crippen molar-refractivity contribution in [1.82, 2.24) is 0 Å². The molecule has 4 heteroatoms. The van der Waals surface area contributed by atoms with Crippen molar-refractivity contribution in [2.75, 3.05) is 0 Å². The van der Waals surface area contributed by atoms with Gasteiger partial charge in [0.1, 0.15) is 0 Å². The van der Waals surface area contributed by atoms with Crippen molar-refractivity contribution in [2.24, 2.45) is 16.7 Å². The van der Waals surface area contributed by atoms with Crippen LogP contribution in [0.5, 0.6) is 0 Å². The van der Waals surface area contributed by atoms with E-state index in [4.69, 9.17) is 0 Å². The fourth-order valence-corrected chi connectivity index (χ4v) is 5.40. The first-order valence-corrected chi connectivity index (χ1v) is 6.93. The maximum Gasteiger partial charge on any atom is 0.329 e. The molecule has 0 amide bonds. The van der Waals surface area contributed by atoms with Gasteiger partial charge in [0, 0.05) is 0 Å². The molecule has 2 N–H and O–H groups in total. The Hall–Kier alpha value is 0.150. The van der Waals surface area contributed by atoms with Gasteiger partial charge in [0.05, 0.1) is 5.66 Å². The van der Waals surface area contributed by atoms with Crippen LogP contribution >= 0.6 is 7.60 Å². The van der Waals surface area contributed by atoms with Crippen LogP contribution in [0.3, 0.4) is 0 Å². The zero-order chi connectivity index (χ0) is 10.8. The first-order chi connectivity index (χ1) is 6.19. The highest BCUT2D eigenvalue weighted by Gasteiger charge is 2.65. The molecular weight excluding hydrogens is 199 g/mol. The lowest BCUT2D eigenvalue weighted by Gasteiger charge is -2.39. The van der Waals surface area contributed by atoms with Gasteiger partial charge in [-0.25, -0.2) is 0 Å². The van der Waals surface area contributed by atoms with Crippen LogP contribution in [-0.4, -0.2) is 15.4 Å². The van der Waals surface area contributed by atoms with Crippen molar-refractivity contribution >= 4 is 7.60 Å². The van der Waals surface area contributed by atoms with E-state index in [0.29, 0.717) is 12.3 Å². The highest BCUT2D eigenvalue weighted by atomic mass is 31.2. The summed E-state index contributed by atoms with van der Waals surface area (Å²) in [5, 5.41) is 0. The lowest BCUT2D eigenvalue weighted by Crippen LogP contribution is -2.35. The first-order valence-electron chi connectivity index (χ1n) is 5.25. The van der Waals surface area contributed by atoms with E-state index < -0.39 is 13.3 Å². The van der Waals surface area contributed by atoms with E-state index >= 15 is 0 Å². The van der Waals surface area contributed by atoms with Gasteiger partial charge in [0.2, 0.25) is 0 Å². The third-order valence-corrected chi connectivity index (χ3v) is 6.75. The Morgan fingerprint density at radius 1 is 1.29 bits per heavy atom. The van der Waals surface area contributed by atoms with Gasteiger partial charge in [-0.15, -0.1) is 0 Å². The number of fused-ring (bicyclic) bond motifs is 2. The van der Waals surface area contributed by atoms with E-state index in [2.05, 4.69) is 20.8 Å². The van der Waals surface area contributed by atoms with Crippen LogP contribution in [0.25, 0.3) is 0 Å². The maximum atomic E-state index is 11.4. The van der Waals surface area contributed by atoms with E-state index in [-0.39, 0.29) is 10.8 Å². The predicted molar refractivity (Wildman–Crippen MR) is 55.1 cm³/mol. The van der Waals surface area contributed by atoms with E-state index in [1.165, 1.54) is 0 Å². The van der Waals surface area contributed by atoms with Crippen molar-refractivity contribution in [1.29, 1.82) is 0 Å². The van der Waals surface area contributed by atoms with Gasteiger partial charge in [0.25, 0.3) is 0 Å². The molecule has 0 saturated heterocycles. The lowest BCUT2D eigenvalue weighted by molar-refractivity contribution is 0.145. The van der Waals surface area contributed by atoms with Crippen LogP contribution in [0.1, 0.15) is 40.0 Å². The summed E-state index contributed by atoms with van der Waals surface area (Å²) >= 11 is 0. The van der Waals surface area contributed by atoms with E-state index in [1.807, 2.05) is 0 Å². The highest BCUT2D eigenvalue weighted by Crippen LogP contribution is 2.73. The zero-order valence-corrected chi connectivity index (χ0v) is 9.92. The second-order valence-corrected chi connectivity index (χ2v) is 7.52. The van der Waals surface area contributed by atoms with Crippen LogP contribution in [0.15, 0.2) is 0 Å². The second kappa shape index (κ2) is 2.63. The number of hydrogen-bond donors (Lipinski definition) is 2. The van der Waals surface area contributed by atoms with Crippen LogP contribution in [-0.2, 0) is 4.57 Å². The molecule has 0 aromatic rings. The van der Waals surface area contributed by atoms with E-state index in [1.54, 1.807) is 0 Å². The normalized spacial score (nSPS) is 45.8. The summed E-state index contributed by atoms with van der Waals surface area (Å²) in [6.45, 7) is 6.39. The van der Waals surface area contributed by atoms with Crippen molar-refractivity contribution in [3.63, 3.8) is 0 Å². The van der Waals surface area contributed by atoms with Gasteiger partial charge in [-0.2, -0.15) is 0 Å². The van der Waals surface area contributed by atoms with E-state index in [0.717, 1.165) is 12.8 Å². The molecule has 0 radical (unpaired) electrons. The van der Waals surface area contributed by atoms with Gasteiger partial charge < -0.3 is 9.79 Å². The van der Waals surface area contributed by atoms with E-state index in [9.17, 15) is 14.4 Å². The van der Waals surface area contributed by atoms with Gasteiger partial charge in [-0.1, -0.05) is 20.8 Å². The third kappa shape index (κ3) is 1.09. The predicted octanol–water partition coefficient (Wildman–Crippen LogP) is 2.38. The summed E-state index contributed by atoms with van der Waals surface area (Å²) in [5.74, 6) is 0.505. The topological polar surface area (TPSA) is 57.5 Å². The Labute approximate surface area is 85.1 Å². The molecule has 14 heavy (non-hydrogen) atoms. The fraction of sp³-hybridized carbons (Fsp3) is 1.00. The lowest BCUT2D eigenvalue weighted by atomic mass is 9.71. The molecule has 2 bridgehead atoms. The summed E-state index contributed by atoms with van der Waals surface area (Å²) in [6.07, 6.45) is 2.83. The molecular formula is C10H19O3P. The average molecular weight is 218 g/mol. The Kier molecular flexibility index (Phi) is 2.01. The number of hydrogen-bond acceptors (Lipinski definition) is 1. The molecule has 2 rings (SSSR count). The molecule has 2 aliphatic rings. The van der Waals surface area contributed by atoms with Crippen LogP contribution in [0.4, 0.5) is 0 Å². The molecule has 0 aromatic carbocycles. The standard InChI is InChI=1S/C10H19O3P/c1-9(2)7-4-5-10(9,3)8(6-7)14(11,12)13/h7-8H,4-6H2,1-3H3,(H2,11,12,13). The third-order valence-electron chi connectivity index (χ3n) is 5.15. The van der Waals surface area contributed by atoms with Crippen molar-refractivity contribution in [3.8, 4) is 0 Å². The fourth-order valence-electron chi connectivity index (χ4n) is 3.67. The molecule has 82 valence electrons. The maximum absolute atomic E-state index is 11.4. The quantitative estimate of drug-likeness (QED) is 0.664. The Bertz CT molecular complexity index is 306. The van der Waals surface area contributed by atoms with Crippen molar-refractivity contribution in [2.45, 2.75) is 45.7 Å². The molecule has 2 fully saturated rings. The van der Waals surface area contributed by atoms with Gasteiger partial charge in [-0.05, 0) is 36.0 Å². The monoisotopic (exact) mass is 218 g/mol. The minimum atomic E-state index is -3.90. The van der Waals surface area contributed by atoms with Gasteiger partial charge in [0.15, 0.2) is 0 Å². The Balaban J connectivity index is 2.42. The minimum absolute atomic E-state index is 0.0960. The minimum Gasteiger partial charge on any atom is -0.324 e. The molecule has 2 saturated carbocycles. The Morgan fingerprint density at radius 2 is 1.86 bits per heavy atom. The van der Waals surface area contributed by atoms with Crippen molar-refractivity contribution < 1.29 is 14.4 Å². The molecule has 0 aromatic heterocycles. The summed E-state index contributed by atoms with van der Waals surface area (Å²) < 4.78 is 11.4. The van der Waals surface area contributed by atoms with Crippen molar-refractivity contribution in [3.05, 3.63) is 0 Å². The van der Waals surface area contributed by atoms with Crippen LogP contribution in [0, 0.1) is 16.7 Å². The second-order valence-electron chi connectivity index (χ2n) is 5.72. The van der Waals surface area contributed by atoms with Gasteiger partial charge >= 0.3 is 7.60 Å². The zero-order valence-electron chi connectivity index (χ0n) is 9.03. The smallest absolute Gasteiger partial charge is 0.324 e. The number of rotatable bonds is 1. The molecule has 2 aliphatic carbocycles.